The molecule has 1 unspecified atom stereocenters. The largest absolute Gasteiger partial charge is 0.489 e. The van der Waals surface area contributed by atoms with E-state index in [4.69, 9.17) is 32.7 Å². The van der Waals surface area contributed by atoms with Gasteiger partial charge < -0.3 is 24.3 Å². The molecular formula is C26H33Cl2N3O5. The molecule has 8 nitrogen and oxygen atoms in total. The predicted octanol–water partition coefficient (Wildman–Crippen LogP) is 4.15. The van der Waals surface area contributed by atoms with Gasteiger partial charge in [-0.3, -0.25) is 14.4 Å². The van der Waals surface area contributed by atoms with Gasteiger partial charge in [0.1, 0.15) is 12.4 Å². The first-order valence-electron chi connectivity index (χ1n) is 12.0. The average molecular weight is 538 g/mol. The lowest BCUT2D eigenvalue weighted by Crippen LogP contribution is -2.39. The fraction of sp³-hybridized carbons (Fsp3) is 0.500. The van der Waals surface area contributed by atoms with Crippen LogP contribution in [-0.4, -0.2) is 66.1 Å². The molecule has 1 aromatic carbocycles. The van der Waals surface area contributed by atoms with Crippen LogP contribution in [0.4, 0.5) is 0 Å². The first-order valence-corrected chi connectivity index (χ1v) is 12.8. The molecule has 2 heterocycles. The molecule has 2 amide bonds. The minimum Gasteiger partial charge on any atom is -0.489 e. The minimum atomic E-state index is -0.289. The van der Waals surface area contributed by atoms with Crippen LogP contribution in [0, 0.1) is 13.8 Å². The maximum absolute atomic E-state index is 13.5. The number of halogens is 2. The maximum atomic E-state index is 13.5. The van der Waals surface area contributed by atoms with Gasteiger partial charge in [-0.2, -0.15) is 0 Å². The monoisotopic (exact) mass is 537 g/mol. The summed E-state index contributed by atoms with van der Waals surface area (Å²) >= 11 is 13.2. The molecule has 2 aromatic rings. The van der Waals surface area contributed by atoms with E-state index in [0.717, 1.165) is 11.3 Å². The fourth-order valence-corrected chi connectivity index (χ4v) is 4.99. The molecule has 10 heteroatoms. The van der Waals surface area contributed by atoms with Crippen LogP contribution in [0.15, 0.2) is 16.9 Å². The Morgan fingerprint density at radius 2 is 1.97 bits per heavy atom. The molecule has 196 valence electrons. The van der Waals surface area contributed by atoms with Crippen LogP contribution in [0.3, 0.4) is 0 Å². The highest BCUT2D eigenvalue weighted by atomic mass is 35.5. The summed E-state index contributed by atoms with van der Waals surface area (Å²) in [6.45, 7) is 9.15. The second kappa shape index (κ2) is 12.1. The number of carbonyl (C=O) groups excluding carboxylic acids is 2. The van der Waals surface area contributed by atoms with Crippen LogP contribution in [0.5, 0.6) is 5.75 Å². The van der Waals surface area contributed by atoms with E-state index in [0.29, 0.717) is 59.9 Å². The Bertz CT molecular complexity index is 1200. The number of carbonyl (C=O) groups is 2. The normalized spacial score (nSPS) is 14.0. The summed E-state index contributed by atoms with van der Waals surface area (Å²) in [4.78, 5) is 44.2. The number of methoxy groups -OCH3 is 1. The third-order valence-electron chi connectivity index (χ3n) is 6.40. The van der Waals surface area contributed by atoms with Crippen molar-refractivity contribution in [2.24, 2.45) is 0 Å². The Balaban J connectivity index is 1.78. The third kappa shape index (κ3) is 6.22. The zero-order valence-corrected chi connectivity index (χ0v) is 22.9. The molecule has 0 spiro atoms. The molecule has 0 saturated heterocycles. The number of benzene rings is 1. The number of H-pyrrole nitrogens is 1. The number of hydrogen-bond donors (Lipinski definition) is 1. The van der Waals surface area contributed by atoms with Crippen molar-refractivity contribution in [3.05, 3.63) is 60.5 Å². The zero-order chi connectivity index (χ0) is 26.6. The van der Waals surface area contributed by atoms with Crippen molar-refractivity contribution in [3.8, 4) is 5.75 Å². The van der Waals surface area contributed by atoms with Crippen LogP contribution >= 0.6 is 23.2 Å². The van der Waals surface area contributed by atoms with E-state index in [2.05, 4.69) is 4.98 Å². The van der Waals surface area contributed by atoms with Crippen LogP contribution in [0.25, 0.3) is 0 Å². The number of pyridine rings is 1. The lowest BCUT2D eigenvalue weighted by Gasteiger charge is -2.31. The Hall–Kier alpha value is -2.55. The first kappa shape index (κ1) is 28.0. The van der Waals surface area contributed by atoms with Gasteiger partial charge >= 0.3 is 0 Å². The van der Waals surface area contributed by atoms with Gasteiger partial charge in [0.15, 0.2) is 0 Å². The van der Waals surface area contributed by atoms with E-state index in [9.17, 15) is 14.4 Å². The molecule has 1 aromatic heterocycles. The predicted molar refractivity (Wildman–Crippen MR) is 140 cm³/mol. The van der Waals surface area contributed by atoms with Crippen molar-refractivity contribution >= 4 is 35.0 Å². The lowest BCUT2D eigenvalue weighted by molar-refractivity contribution is -0.135. The second-order valence-corrected chi connectivity index (χ2v) is 9.85. The summed E-state index contributed by atoms with van der Waals surface area (Å²) in [7, 11) is 1.49. The van der Waals surface area contributed by atoms with Crippen molar-refractivity contribution in [3.63, 3.8) is 0 Å². The van der Waals surface area contributed by atoms with Gasteiger partial charge in [-0.25, -0.2) is 0 Å². The average Bonchev–Trinajstić information content (AvgIpc) is 2.81. The SMILES string of the molecule is CCN(CCC(C)Oc1cc(Cl)c2c(c1Cl)C(=O)N(Cc1c(C)cc(C)[nH]c1=O)CC2)C(=O)COC. The summed E-state index contributed by atoms with van der Waals surface area (Å²) in [6.07, 6.45) is 0.791. The molecule has 1 aliphatic rings. The van der Waals surface area contributed by atoms with Crippen molar-refractivity contribution < 1.29 is 19.1 Å². The number of nitrogens with one attached hydrogen (secondary N) is 1. The number of rotatable bonds is 10. The van der Waals surface area contributed by atoms with Gasteiger partial charge in [-0.15, -0.1) is 0 Å². The van der Waals surface area contributed by atoms with E-state index >= 15 is 0 Å². The van der Waals surface area contributed by atoms with Gasteiger partial charge in [0.05, 0.1) is 23.2 Å². The van der Waals surface area contributed by atoms with Crippen LogP contribution < -0.4 is 10.3 Å². The number of likely N-dealkylation sites (N-methyl/N-ethyl adjacent to an activating group) is 1. The van der Waals surface area contributed by atoms with Gasteiger partial charge in [0.2, 0.25) is 5.91 Å². The van der Waals surface area contributed by atoms with Crippen molar-refractivity contribution in [1.82, 2.24) is 14.8 Å². The minimum absolute atomic E-state index is 0.0297. The number of ether oxygens (including phenoxy) is 2. The molecule has 0 bridgehead atoms. The number of fused-ring (bicyclic) bond motifs is 1. The number of aromatic amines is 1. The Kier molecular flexibility index (Phi) is 9.44. The van der Waals surface area contributed by atoms with Gasteiger partial charge in [0.25, 0.3) is 11.5 Å². The van der Waals surface area contributed by atoms with E-state index in [1.54, 1.807) is 15.9 Å². The number of amides is 2. The molecule has 1 aliphatic heterocycles. The maximum Gasteiger partial charge on any atom is 0.256 e. The van der Waals surface area contributed by atoms with Crippen LogP contribution in [-0.2, 0) is 22.5 Å². The Morgan fingerprint density at radius 1 is 1.25 bits per heavy atom. The second-order valence-electron chi connectivity index (χ2n) is 9.07. The fourth-order valence-electron chi connectivity index (χ4n) is 4.41. The highest BCUT2D eigenvalue weighted by Gasteiger charge is 2.31. The molecule has 3 rings (SSSR count). The van der Waals surface area contributed by atoms with Crippen LogP contribution in [0.1, 0.15) is 53.0 Å². The Labute approximate surface area is 221 Å². The van der Waals surface area contributed by atoms with Gasteiger partial charge in [0, 0.05) is 55.5 Å². The zero-order valence-electron chi connectivity index (χ0n) is 21.4. The standard InChI is InChI=1S/C26H33Cl2N3O5/c1-6-30(22(32)14-35-5)9-7-17(4)36-21-12-20(27)18-8-10-31(26(34)23(18)24(21)28)13-19-15(2)11-16(3)29-25(19)33/h11-12,17H,6-10,13-14H2,1-5H3,(H,29,33). The van der Waals surface area contributed by atoms with Gasteiger partial charge in [-0.1, -0.05) is 23.2 Å². The quantitative estimate of drug-likeness (QED) is 0.491. The molecule has 0 saturated carbocycles. The summed E-state index contributed by atoms with van der Waals surface area (Å²) in [5.74, 6) is -0.0582. The molecular weight excluding hydrogens is 505 g/mol. The summed E-state index contributed by atoms with van der Waals surface area (Å²) in [6, 6.07) is 3.53. The Morgan fingerprint density at radius 3 is 2.61 bits per heavy atom. The number of aromatic nitrogens is 1. The molecule has 0 radical (unpaired) electrons. The number of hydrogen-bond acceptors (Lipinski definition) is 5. The van der Waals surface area contributed by atoms with Crippen LogP contribution in [0.2, 0.25) is 10.0 Å². The van der Waals surface area contributed by atoms with E-state index in [1.807, 2.05) is 33.8 Å². The number of aryl methyl sites for hydroxylation is 2. The highest BCUT2D eigenvalue weighted by Crippen LogP contribution is 2.39. The molecule has 0 aliphatic carbocycles. The number of nitrogens with zero attached hydrogens (tertiary/aromatic N) is 2. The van der Waals surface area contributed by atoms with E-state index < -0.39 is 0 Å². The molecule has 36 heavy (non-hydrogen) atoms. The first-order chi connectivity index (χ1) is 17.1. The molecule has 1 N–H and O–H groups in total. The van der Waals surface area contributed by atoms with E-state index in [-0.39, 0.29) is 41.7 Å². The third-order valence-corrected chi connectivity index (χ3v) is 7.11. The highest BCUT2D eigenvalue weighted by molar-refractivity contribution is 6.38. The molecule has 1 atom stereocenters. The lowest BCUT2D eigenvalue weighted by atomic mass is 9.97. The summed E-state index contributed by atoms with van der Waals surface area (Å²) in [5.41, 5.74) is 2.93. The van der Waals surface area contributed by atoms with Crippen molar-refractivity contribution in [2.75, 3.05) is 33.4 Å². The topological polar surface area (TPSA) is 91.9 Å². The summed E-state index contributed by atoms with van der Waals surface area (Å²) < 4.78 is 11.0. The van der Waals surface area contributed by atoms with E-state index in [1.165, 1.54) is 7.11 Å². The van der Waals surface area contributed by atoms with Gasteiger partial charge in [-0.05, 0) is 51.3 Å². The van der Waals surface area contributed by atoms with Crippen molar-refractivity contribution in [2.45, 2.75) is 53.2 Å². The smallest absolute Gasteiger partial charge is 0.256 e. The summed E-state index contributed by atoms with van der Waals surface area (Å²) in [5, 5.41) is 0.618. The molecule has 0 fully saturated rings. The van der Waals surface area contributed by atoms with Crippen molar-refractivity contribution in [1.29, 1.82) is 0 Å².